The van der Waals surface area contributed by atoms with Crippen molar-refractivity contribution in [3.8, 4) is 5.75 Å². The van der Waals surface area contributed by atoms with Gasteiger partial charge >= 0.3 is 5.97 Å². The number of thiazole rings is 2. The van der Waals surface area contributed by atoms with Gasteiger partial charge in [-0.15, -0.1) is 11.3 Å². The number of carbonyl (C=O) groups is 3. The average Bonchev–Trinajstić information content (AvgIpc) is 3.53. The number of aliphatic hydroxyl groups excluding tert-OH is 1. The second-order valence-electron chi connectivity index (χ2n) is 12.6. The lowest BCUT2D eigenvalue weighted by Crippen LogP contribution is -2.31. The van der Waals surface area contributed by atoms with E-state index in [2.05, 4.69) is 16.5 Å². The Kier molecular flexibility index (Phi) is 8.47. The maximum atomic E-state index is 14.2. The SMILES string of the molecule is C=CCOC(=O)c1sc(N2C(=O)C(O)=C(C(=O)c3sc(C)nc3C)C2c2cc(C(C)(C)C)c(O)c(C(C)(C)C)c2)nc1C. The minimum atomic E-state index is -1.10. The van der Waals surface area contributed by atoms with E-state index in [1.807, 2.05) is 41.5 Å². The number of anilines is 1. The molecule has 0 radical (unpaired) electrons. The lowest BCUT2D eigenvalue weighted by Gasteiger charge is -2.31. The second-order valence-corrected chi connectivity index (χ2v) is 14.8. The standard InChI is InChI=1S/C32H37N3O6S2/c1-11-12-41-29(40)27-16(3)34-30(43-27)35-22(18-13-19(31(5,6)7)23(36)20(14-18)32(8,9)10)21(25(38)28(35)39)24(37)26-15(2)33-17(4)42-26/h11,13-14,22,36,38H,1,12H2,2-10H3. The average molecular weight is 624 g/mol. The molecule has 1 atom stereocenters. The van der Waals surface area contributed by atoms with Crippen LogP contribution >= 0.6 is 22.7 Å². The van der Waals surface area contributed by atoms with Gasteiger partial charge in [0, 0.05) is 0 Å². The smallest absolute Gasteiger partial charge is 0.350 e. The first kappa shape index (κ1) is 32.1. The summed E-state index contributed by atoms with van der Waals surface area (Å²) >= 11 is 2.12. The third-order valence-electron chi connectivity index (χ3n) is 7.14. The molecule has 9 nitrogen and oxygen atoms in total. The molecule has 43 heavy (non-hydrogen) atoms. The first-order valence-corrected chi connectivity index (χ1v) is 15.4. The van der Waals surface area contributed by atoms with E-state index in [-0.39, 0.29) is 27.9 Å². The van der Waals surface area contributed by atoms with Gasteiger partial charge in [-0.3, -0.25) is 14.5 Å². The van der Waals surface area contributed by atoms with Crippen LogP contribution in [-0.4, -0.2) is 44.4 Å². The van der Waals surface area contributed by atoms with Crippen molar-refractivity contribution in [3.63, 3.8) is 0 Å². The molecule has 0 fully saturated rings. The molecular weight excluding hydrogens is 587 g/mol. The number of phenolic OH excluding ortho intramolecular Hbond substituents is 1. The van der Waals surface area contributed by atoms with E-state index in [0.29, 0.717) is 38.0 Å². The zero-order valence-electron chi connectivity index (χ0n) is 25.9. The Hall–Kier alpha value is -3.83. The van der Waals surface area contributed by atoms with Crippen molar-refractivity contribution in [2.45, 2.75) is 79.2 Å². The molecule has 11 heteroatoms. The molecule has 0 bridgehead atoms. The summed E-state index contributed by atoms with van der Waals surface area (Å²) in [5, 5.41) is 23.5. The number of ketones is 1. The Balaban J connectivity index is 2.02. The van der Waals surface area contributed by atoms with Gasteiger partial charge in [-0.1, -0.05) is 65.5 Å². The number of aromatic hydroxyl groups is 1. The number of ether oxygens (including phenoxy) is 1. The fraction of sp³-hybridized carbons (Fsp3) is 0.406. The molecule has 0 spiro atoms. The maximum Gasteiger partial charge on any atom is 0.350 e. The highest BCUT2D eigenvalue weighted by Gasteiger charge is 2.47. The highest BCUT2D eigenvalue weighted by molar-refractivity contribution is 7.17. The number of hydrogen-bond acceptors (Lipinski definition) is 10. The highest BCUT2D eigenvalue weighted by Crippen LogP contribution is 2.48. The molecule has 0 saturated heterocycles. The van der Waals surface area contributed by atoms with E-state index in [1.165, 1.54) is 22.3 Å². The molecule has 3 aromatic rings. The van der Waals surface area contributed by atoms with Crippen LogP contribution in [0.1, 0.15) is 100 Å². The number of esters is 1. The lowest BCUT2D eigenvalue weighted by atomic mass is 9.77. The van der Waals surface area contributed by atoms with Gasteiger partial charge in [-0.2, -0.15) is 0 Å². The largest absolute Gasteiger partial charge is 0.507 e. The molecule has 0 aliphatic carbocycles. The van der Waals surface area contributed by atoms with Crippen molar-refractivity contribution in [2.24, 2.45) is 0 Å². The van der Waals surface area contributed by atoms with Crippen LogP contribution in [0.2, 0.25) is 0 Å². The Morgan fingerprint density at radius 2 is 1.53 bits per heavy atom. The predicted octanol–water partition coefficient (Wildman–Crippen LogP) is 6.95. The van der Waals surface area contributed by atoms with Crippen LogP contribution in [0.4, 0.5) is 5.13 Å². The van der Waals surface area contributed by atoms with Crippen LogP contribution in [0.3, 0.4) is 0 Å². The minimum Gasteiger partial charge on any atom is -0.507 e. The summed E-state index contributed by atoms with van der Waals surface area (Å²) in [6, 6.07) is 2.44. The first-order chi connectivity index (χ1) is 19.9. The van der Waals surface area contributed by atoms with Gasteiger partial charge in [0.1, 0.15) is 17.2 Å². The van der Waals surface area contributed by atoms with Crippen LogP contribution in [0.5, 0.6) is 5.75 Å². The number of nitrogens with zero attached hydrogens (tertiary/aromatic N) is 3. The predicted molar refractivity (Wildman–Crippen MR) is 169 cm³/mol. The van der Waals surface area contributed by atoms with Gasteiger partial charge in [-0.25, -0.2) is 14.8 Å². The summed E-state index contributed by atoms with van der Waals surface area (Å²) in [7, 11) is 0. The van der Waals surface area contributed by atoms with E-state index >= 15 is 0 Å². The molecule has 4 rings (SSSR count). The molecule has 1 amide bonds. The summed E-state index contributed by atoms with van der Waals surface area (Å²) in [5.41, 5.74) is 1.45. The van der Waals surface area contributed by atoms with Crippen molar-refractivity contribution in [3.05, 3.63) is 79.0 Å². The molecule has 2 aromatic heterocycles. The van der Waals surface area contributed by atoms with Crippen molar-refractivity contribution in [2.75, 3.05) is 11.5 Å². The van der Waals surface area contributed by atoms with E-state index in [9.17, 15) is 24.6 Å². The number of Topliss-reactive ketones (excluding diaryl/α,β-unsaturated/α-hetero) is 1. The minimum absolute atomic E-state index is 0.00402. The van der Waals surface area contributed by atoms with Gasteiger partial charge in [0.25, 0.3) is 5.91 Å². The van der Waals surface area contributed by atoms with Gasteiger partial charge < -0.3 is 14.9 Å². The fourth-order valence-electron chi connectivity index (χ4n) is 5.05. The number of hydrogen-bond donors (Lipinski definition) is 2. The van der Waals surface area contributed by atoms with Gasteiger partial charge in [0.05, 0.1) is 32.9 Å². The van der Waals surface area contributed by atoms with Crippen LogP contribution < -0.4 is 4.90 Å². The maximum absolute atomic E-state index is 14.2. The van der Waals surface area contributed by atoms with Gasteiger partial charge in [0.2, 0.25) is 5.78 Å². The molecule has 228 valence electrons. The normalized spacial score (nSPS) is 15.8. The van der Waals surface area contributed by atoms with E-state index in [0.717, 1.165) is 11.3 Å². The zero-order chi connectivity index (χ0) is 32.2. The van der Waals surface area contributed by atoms with Crippen molar-refractivity contribution < 1.29 is 29.3 Å². The van der Waals surface area contributed by atoms with Gasteiger partial charge in [0.15, 0.2) is 10.9 Å². The number of aromatic nitrogens is 2. The van der Waals surface area contributed by atoms with Crippen molar-refractivity contribution in [1.82, 2.24) is 9.97 Å². The van der Waals surface area contributed by atoms with Gasteiger partial charge in [-0.05, 0) is 60.4 Å². The van der Waals surface area contributed by atoms with E-state index in [1.54, 1.807) is 32.9 Å². The third-order valence-corrected chi connectivity index (χ3v) is 9.34. The molecule has 1 unspecified atom stereocenters. The number of benzene rings is 1. The fourth-order valence-corrected chi connectivity index (χ4v) is 6.91. The zero-order valence-corrected chi connectivity index (χ0v) is 27.5. The number of amides is 1. The summed E-state index contributed by atoms with van der Waals surface area (Å²) in [4.78, 5) is 51.4. The van der Waals surface area contributed by atoms with Crippen LogP contribution in [-0.2, 0) is 20.4 Å². The topological polar surface area (TPSA) is 130 Å². The third kappa shape index (κ3) is 5.88. The Morgan fingerprint density at radius 3 is 2.02 bits per heavy atom. The number of carbonyl (C=O) groups excluding carboxylic acids is 3. The molecule has 1 aromatic carbocycles. The Labute approximate surface area is 259 Å². The number of aliphatic hydroxyl groups is 1. The second kappa shape index (κ2) is 11.3. The Bertz CT molecular complexity index is 1650. The molecule has 3 heterocycles. The molecule has 1 aliphatic heterocycles. The number of rotatable bonds is 7. The van der Waals surface area contributed by atoms with E-state index < -0.39 is 40.3 Å². The number of phenols is 1. The van der Waals surface area contributed by atoms with Crippen molar-refractivity contribution in [1.29, 1.82) is 0 Å². The summed E-state index contributed by atoms with van der Waals surface area (Å²) in [5.74, 6) is -2.54. The van der Waals surface area contributed by atoms with E-state index in [4.69, 9.17) is 4.74 Å². The number of aryl methyl sites for hydroxylation is 3. The van der Waals surface area contributed by atoms with Crippen LogP contribution in [0, 0.1) is 20.8 Å². The first-order valence-electron chi connectivity index (χ1n) is 13.8. The van der Waals surface area contributed by atoms with Crippen molar-refractivity contribution >= 4 is 45.5 Å². The molecule has 0 saturated carbocycles. The van der Waals surface area contributed by atoms with Crippen LogP contribution in [0.15, 0.2) is 36.1 Å². The summed E-state index contributed by atoms with van der Waals surface area (Å²) in [6.07, 6.45) is 1.45. The molecular formula is C32H37N3O6S2. The van der Waals surface area contributed by atoms with Crippen LogP contribution in [0.25, 0.3) is 0 Å². The molecule has 1 aliphatic rings. The molecule has 2 N–H and O–H groups in total. The Morgan fingerprint density at radius 1 is 0.977 bits per heavy atom. The monoisotopic (exact) mass is 623 g/mol. The summed E-state index contributed by atoms with van der Waals surface area (Å²) < 4.78 is 5.21. The summed E-state index contributed by atoms with van der Waals surface area (Å²) in [6.45, 7) is 20.5. The highest BCUT2D eigenvalue weighted by atomic mass is 32.1. The quantitative estimate of drug-likeness (QED) is 0.164. The lowest BCUT2D eigenvalue weighted by molar-refractivity contribution is -0.117.